The quantitative estimate of drug-likeness (QED) is 0.519. The van der Waals surface area contributed by atoms with Gasteiger partial charge in [0.1, 0.15) is 16.6 Å². The van der Waals surface area contributed by atoms with E-state index in [1.807, 2.05) is 0 Å². The molecule has 1 aliphatic heterocycles. The van der Waals surface area contributed by atoms with E-state index in [0.29, 0.717) is 5.75 Å². The monoisotopic (exact) mass is 416 g/mol. The van der Waals surface area contributed by atoms with Gasteiger partial charge in [-0.1, -0.05) is 23.8 Å². The molecule has 1 aliphatic rings. The second-order valence-corrected chi connectivity index (χ2v) is 6.65. The van der Waals surface area contributed by atoms with Crippen molar-refractivity contribution in [1.82, 2.24) is 0 Å². The Morgan fingerprint density at radius 2 is 1.93 bits per heavy atom. The lowest BCUT2D eigenvalue weighted by molar-refractivity contribution is -0.137. The van der Waals surface area contributed by atoms with Crippen LogP contribution in [-0.2, 0) is 6.18 Å². The van der Waals surface area contributed by atoms with Crippen LogP contribution in [0.3, 0.4) is 0 Å². The minimum Gasteiger partial charge on any atom is -0.497 e. The average Bonchev–Trinajstić information content (AvgIpc) is 2.71. The first-order chi connectivity index (χ1) is 12.6. The van der Waals surface area contributed by atoms with Crippen LogP contribution in [0.1, 0.15) is 23.6 Å². The Morgan fingerprint density at radius 3 is 2.56 bits per heavy atom. The van der Waals surface area contributed by atoms with Gasteiger partial charge in [0.2, 0.25) is 0 Å². The van der Waals surface area contributed by atoms with Crippen LogP contribution in [0.2, 0.25) is 5.02 Å². The van der Waals surface area contributed by atoms with Crippen molar-refractivity contribution in [2.75, 3.05) is 12.4 Å². The van der Waals surface area contributed by atoms with Gasteiger partial charge >= 0.3 is 6.18 Å². The predicted octanol–water partition coefficient (Wildman–Crippen LogP) is 5.49. The highest BCUT2D eigenvalue weighted by Crippen LogP contribution is 2.41. The summed E-state index contributed by atoms with van der Waals surface area (Å²) in [5.41, 5.74) is -0.942. The van der Waals surface area contributed by atoms with E-state index in [2.05, 4.69) is 10.3 Å². The van der Waals surface area contributed by atoms with Gasteiger partial charge in [0, 0.05) is 16.8 Å². The first-order valence-electron chi connectivity index (χ1n) is 7.76. The molecule has 1 N–H and O–H groups in total. The molecule has 0 saturated heterocycles. The summed E-state index contributed by atoms with van der Waals surface area (Å²) in [5, 5.41) is 2.27. The number of anilines is 1. The minimum absolute atomic E-state index is 0.0302. The number of alkyl halides is 3. The van der Waals surface area contributed by atoms with Crippen LogP contribution < -0.4 is 10.1 Å². The molecule has 2 aromatic rings. The number of benzodiazepines with no additional fused rings is 1. The Morgan fingerprint density at radius 1 is 1.22 bits per heavy atom. The lowest BCUT2D eigenvalue weighted by Crippen LogP contribution is -2.20. The standard InChI is InChI=1S/C18H13ClF4N2OS/c1-8-17(27)25-13-6-4-11(18(21,22)23)15(19)14(13)16(24-8)10-7-9(26-2)3-5-12(10)20/h3-8H,1-2H3,(H,25,27). The van der Waals surface area contributed by atoms with Crippen LogP contribution in [-0.4, -0.2) is 23.9 Å². The van der Waals surface area contributed by atoms with Crippen molar-refractivity contribution in [3.8, 4) is 5.75 Å². The van der Waals surface area contributed by atoms with Gasteiger partial charge in [-0.05, 0) is 37.3 Å². The fraction of sp³-hybridized carbons (Fsp3) is 0.222. The Bertz CT molecular complexity index is 959. The van der Waals surface area contributed by atoms with Crippen molar-refractivity contribution in [2.24, 2.45) is 4.99 Å². The van der Waals surface area contributed by atoms with Crippen LogP contribution in [0.25, 0.3) is 0 Å². The van der Waals surface area contributed by atoms with E-state index in [1.165, 1.54) is 25.3 Å². The number of rotatable bonds is 2. The number of aliphatic imine (C=N–C) groups is 1. The van der Waals surface area contributed by atoms with Crippen molar-refractivity contribution in [1.29, 1.82) is 0 Å². The second-order valence-electron chi connectivity index (χ2n) is 5.84. The molecule has 0 amide bonds. The fourth-order valence-corrected chi connectivity index (χ4v) is 3.23. The third kappa shape index (κ3) is 3.64. The lowest BCUT2D eigenvalue weighted by atomic mass is 9.97. The molecular weight excluding hydrogens is 404 g/mol. The Kier molecular flexibility index (Phi) is 5.14. The first-order valence-corrected chi connectivity index (χ1v) is 8.54. The highest BCUT2D eigenvalue weighted by molar-refractivity contribution is 7.80. The maximum atomic E-state index is 14.6. The number of halogens is 5. The summed E-state index contributed by atoms with van der Waals surface area (Å²) in [5.74, 6) is -0.347. The van der Waals surface area contributed by atoms with Crippen LogP contribution in [0.5, 0.6) is 5.75 Å². The van der Waals surface area contributed by atoms with Crippen molar-refractivity contribution < 1.29 is 22.3 Å². The first kappa shape index (κ1) is 19.6. The molecule has 27 heavy (non-hydrogen) atoms. The van der Waals surface area contributed by atoms with Gasteiger partial charge in [0.05, 0.1) is 29.4 Å². The molecule has 0 saturated carbocycles. The number of nitrogens with zero attached hydrogens (tertiary/aromatic N) is 1. The van der Waals surface area contributed by atoms with E-state index in [0.717, 1.165) is 12.1 Å². The molecule has 0 aliphatic carbocycles. The normalized spacial score (nSPS) is 16.9. The van der Waals surface area contributed by atoms with Gasteiger partial charge in [-0.2, -0.15) is 13.2 Å². The van der Waals surface area contributed by atoms with Crippen LogP contribution in [0.15, 0.2) is 35.3 Å². The van der Waals surface area contributed by atoms with Gasteiger partial charge in [-0.15, -0.1) is 0 Å². The van der Waals surface area contributed by atoms with Crippen molar-refractivity contribution in [3.05, 3.63) is 57.9 Å². The molecule has 3 nitrogen and oxygen atoms in total. The van der Waals surface area contributed by atoms with E-state index >= 15 is 0 Å². The molecule has 2 aromatic carbocycles. The summed E-state index contributed by atoms with van der Waals surface area (Å²) in [4.78, 5) is 4.64. The number of thiocarbonyl (C=S) groups is 1. The largest absolute Gasteiger partial charge is 0.497 e. The zero-order valence-electron chi connectivity index (χ0n) is 14.1. The number of fused-ring (bicyclic) bond motifs is 1. The summed E-state index contributed by atoms with van der Waals surface area (Å²) in [7, 11) is 1.40. The number of methoxy groups -OCH3 is 1. The highest BCUT2D eigenvalue weighted by atomic mass is 35.5. The summed E-state index contributed by atoms with van der Waals surface area (Å²) in [6, 6.07) is 5.37. The molecular formula is C18H13ClF4N2OS. The summed E-state index contributed by atoms with van der Waals surface area (Å²) in [6.07, 6.45) is -4.68. The number of benzene rings is 2. The molecule has 0 fully saturated rings. The molecule has 0 radical (unpaired) electrons. The minimum atomic E-state index is -4.68. The molecule has 3 rings (SSSR count). The van der Waals surface area contributed by atoms with Crippen molar-refractivity contribution in [2.45, 2.75) is 19.1 Å². The smallest absolute Gasteiger partial charge is 0.417 e. The SMILES string of the molecule is COc1ccc(F)c(C2=NC(C)C(=S)Nc3ccc(C(F)(F)F)c(Cl)c32)c1. The van der Waals surface area contributed by atoms with Crippen molar-refractivity contribution in [3.63, 3.8) is 0 Å². The lowest BCUT2D eigenvalue weighted by Gasteiger charge is -2.17. The second kappa shape index (κ2) is 7.09. The van der Waals surface area contributed by atoms with Crippen LogP contribution in [0.4, 0.5) is 23.2 Å². The third-order valence-corrected chi connectivity index (χ3v) is 4.91. The summed E-state index contributed by atoms with van der Waals surface area (Å²) in [6.45, 7) is 1.65. The predicted molar refractivity (Wildman–Crippen MR) is 101 cm³/mol. The molecule has 1 atom stereocenters. The van der Waals surface area contributed by atoms with Gasteiger partial charge in [0.25, 0.3) is 0 Å². The maximum Gasteiger partial charge on any atom is 0.417 e. The van der Waals surface area contributed by atoms with E-state index in [-0.39, 0.29) is 27.5 Å². The van der Waals surface area contributed by atoms with E-state index in [4.69, 9.17) is 28.6 Å². The van der Waals surface area contributed by atoms with Crippen LogP contribution in [0, 0.1) is 5.82 Å². The fourth-order valence-electron chi connectivity index (χ4n) is 2.70. The number of hydrogen-bond acceptors (Lipinski definition) is 3. The van der Waals surface area contributed by atoms with E-state index < -0.39 is 28.6 Å². The zero-order chi connectivity index (χ0) is 19.9. The molecule has 9 heteroatoms. The molecule has 0 bridgehead atoms. The Labute approximate surface area is 163 Å². The van der Waals surface area contributed by atoms with Gasteiger partial charge < -0.3 is 10.1 Å². The molecule has 1 heterocycles. The van der Waals surface area contributed by atoms with Crippen molar-refractivity contribution >= 4 is 40.2 Å². The average molecular weight is 417 g/mol. The van der Waals surface area contributed by atoms with Crippen LogP contribution >= 0.6 is 23.8 Å². The molecule has 142 valence electrons. The van der Waals surface area contributed by atoms with Gasteiger partial charge in [0.15, 0.2) is 0 Å². The summed E-state index contributed by atoms with van der Waals surface area (Å²) < 4.78 is 59.7. The number of ether oxygens (including phenoxy) is 1. The maximum absolute atomic E-state index is 14.6. The molecule has 0 aromatic heterocycles. The Hall–Kier alpha value is -2.19. The molecule has 1 unspecified atom stereocenters. The van der Waals surface area contributed by atoms with E-state index in [9.17, 15) is 17.6 Å². The number of nitrogens with one attached hydrogen (secondary N) is 1. The zero-order valence-corrected chi connectivity index (χ0v) is 15.7. The third-order valence-electron chi connectivity index (χ3n) is 4.07. The van der Waals surface area contributed by atoms with Gasteiger partial charge in [-0.3, -0.25) is 4.99 Å². The highest BCUT2D eigenvalue weighted by Gasteiger charge is 2.36. The van der Waals surface area contributed by atoms with Gasteiger partial charge in [-0.25, -0.2) is 4.39 Å². The molecule has 0 spiro atoms. The topological polar surface area (TPSA) is 33.6 Å². The Balaban J connectivity index is 2.35. The summed E-state index contributed by atoms with van der Waals surface area (Å²) >= 11 is 11.3. The van der Waals surface area contributed by atoms with E-state index in [1.54, 1.807) is 6.92 Å². The number of hydrogen-bond donors (Lipinski definition) is 1.